The minimum atomic E-state index is -1.52. The molecule has 4 atom stereocenters. The zero-order valence-corrected chi connectivity index (χ0v) is 13.8. The molecule has 2 rings (SSSR count). The summed E-state index contributed by atoms with van der Waals surface area (Å²) in [6.45, 7) is 1.44. The lowest BCUT2D eigenvalue weighted by Gasteiger charge is -2.25. The average Bonchev–Trinajstić information content (AvgIpc) is 2.93. The van der Waals surface area contributed by atoms with E-state index in [9.17, 15) is 14.7 Å². The van der Waals surface area contributed by atoms with Gasteiger partial charge in [-0.15, -0.1) is 0 Å². The number of ketones is 1. The Morgan fingerprint density at radius 2 is 2.22 bits per heavy atom. The number of rotatable bonds is 7. The molecule has 0 aromatic heterocycles. The van der Waals surface area contributed by atoms with Crippen molar-refractivity contribution < 1.29 is 33.9 Å². The van der Waals surface area contributed by atoms with Gasteiger partial charge in [-0.3, -0.25) is 4.79 Å². The molecule has 0 aromatic carbocycles. The molecule has 7 nitrogen and oxygen atoms in total. The van der Waals surface area contributed by atoms with Gasteiger partial charge in [-0.2, -0.15) is 4.89 Å². The fourth-order valence-electron chi connectivity index (χ4n) is 3.09. The zero-order chi connectivity index (χ0) is 16.9. The second-order valence-electron chi connectivity index (χ2n) is 6.33. The topological polar surface area (TPSA) is 91.3 Å². The molecular weight excluding hydrogens is 304 g/mol. The molecule has 1 heterocycles. The Kier molecular flexibility index (Phi) is 6.52. The van der Waals surface area contributed by atoms with E-state index in [2.05, 4.69) is 4.74 Å². The normalized spacial score (nSPS) is 32.7. The monoisotopic (exact) mass is 330 g/mol. The van der Waals surface area contributed by atoms with Crippen LogP contribution >= 0.6 is 0 Å². The lowest BCUT2D eigenvalue weighted by atomic mass is 9.82. The highest BCUT2D eigenvalue weighted by Crippen LogP contribution is 2.29. The van der Waals surface area contributed by atoms with E-state index in [-0.39, 0.29) is 11.7 Å². The van der Waals surface area contributed by atoms with Crippen LogP contribution in [0.5, 0.6) is 0 Å². The Morgan fingerprint density at radius 3 is 2.91 bits per heavy atom. The van der Waals surface area contributed by atoms with Crippen LogP contribution in [0.2, 0.25) is 0 Å². The fraction of sp³-hybridized carbons (Fsp3) is 0.875. The first-order valence-corrected chi connectivity index (χ1v) is 8.28. The van der Waals surface area contributed by atoms with Gasteiger partial charge < -0.3 is 14.6 Å². The highest BCUT2D eigenvalue weighted by atomic mass is 17.3. The van der Waals surface area contributed by atoms with Crippen molar-refractivity contribution >= 4 is 11.8 Å². The average molecular weight is 330 g/mol. The lowest BCUT2D eigenvalue weighted by Crippen LogP contribution is -2.38. The summed E-state index contributed by atoms with van der Waals surface area (Å²) in [7, 11) is 1.25. The van der Waals surface area contributed by atoms with E-state index >= 15 is 0 Å². The maximum absolute atomic E-state index is 11.8. The van der Waals surface area contributed by atoms with E-state index in [1.807, 2.05) is 0 Å². The molecule has 0 aromatic rings. The summed E-state index contributed by atoms with van der Waals surface area (Å²) in [6.07, 6.45) is 4.76. The summed E-state index contributed by atoms with van der Waals surface area (Å²) in [6, 6.07) is 0. The molecule has 0 spiro atoms. The molecule has 1 saturated carbocycles. The van der Waals surface area contributed by atoms with Crippen molar-refractivity contribution in [3.05, 3.63) is 0 Å². The van der Waals surface area contributed by atoms with Gasteiger partial charge in [-0.1, -0.05) is 12.8 Å². The van der Waals surface area contributed by atoms with E-state index in [1.54, 1.807) is 0 Å². The summed E-state index contributed by atoms with van der Waals surface area (Å²) in [4.78, 5) is 33.2. The molecule has 1 aliphatic heterocycles. The molecular formula is C16H26O7. The van der Waals surface area contributed by atoms with Crippen molar-refractivity contribution in [1.82, 2.24) is 0 Å². The van der Waals surface area contributed by atoms with Gasteiger partial charge in [-0.05, 0) is 25.7 Å². The number of Topliss-reactive ketones (excluding diaryl/α,β-unsaturated/α-hetero) is 1. The predicted octanol–water partition coefficient (Wildman–Crippen LogP) is 1.86. The summed E-state index contributed by atoms with van der Waals surface area (Å²) < 4.78 is 9.99. The molecule has 2 aliphatic rings. The molecule has 23 heavy (non-hydrogen) atoms. The van der Waals surface area contributed by atoms with E-state index in [1.165, 1.54) is 14.0 Å². The van der Waals surface area contributed by atoms with Gasteiger partial charge in [0.2, 0.25) is 0 Å². The van der Waals surface area contributed by atoms with Crippen molar-refractivity contribution in [1.29, 1.82) is 0 Å². The van der Waals surface area contributed by atoms with Crippen LogP contribution in [0.3, 0.4) is 0 Å². The summed E-state index contributed by atoms with van der Waals surface area (Å²) >= 11 is 0. The third-order valence-electron chi connectivity index (χ3n) is 4.48. The highest BCUT2D eigenvalue weighted by molar-refractivity contribution is 5.82. The quantitative estimate of drug-likeness (QED) is 0.433. The van der Waals surface area contributed by atoms with Crippen LogP contribution in [0, 0.1) is 5.92 Å². The van der Waals surface area contributed by atoms with Crippen molar-refractivity contribution in [3.8, 4) is 0 Å². The second-order valence-corrected chi connectivity index (χ2v) is 6.33. The van der Waals surface area contributed by atoms with Crippen molar-refractivity contribution in [2.24, 2.45) is 5.92 Å². The van der Waals surface area contributed by atoms with Gasteiger partial charge in [0.1, 0.15) is 5.78 Å². The van der Waals surface area contributed by atoms with Crippen LogP contribution in [0.15, 0.2) is 0 Å². The van der Waals surface area contributed by atoms with E-state index in [0.29, 0.717) is 19.3 Å². The predicted molar refractivity (Wildman–Crippen MR) is 78.9 cm³/mol. The number of carbonyl (C=O) groups excluding carboxylic acids is 2. The maximum atomic E-state index is 11.8. The number of ether oxygens (including phenoxy) is 2. The van der Waals surface area contributed by atoms with Crippen molar-refractivity contribution in [2.45, 2.75) is 76.5 Å². The van der Waals surface area contributed by atoms with E-state index in [4.69, 9.17) is 14.5 Å². The summed E-state index contributed by atoms with van der Waals surface area (Å²) in [5.74, 6) is -2.18. The molecule has 4 unspecified atom stereocenters. The summed E-state index contributed by atoms with van der Waals surface area (Å²) in [5, 5.41) is 10.2. The number of esters is 1. The summed E-state index contributed by atoms with van der Waals surface area (Å²) in [5.41, 5.74) is 0. The Labute approximate surface area is 136 Å². The first kappa shape index (κ1) is 18.3. The van der Waals surface area contributed by atoms with Crippen molar-refractivity contribution in [2.75, 3.05) is 7.11 Å². The minimum Gasteiger partial charge on any atom is -0.465 e. The number of aliphatic hydroxyl groups excluding tert-OH is 1. The standard InChI is InChI=1S/C16H26O7/c1-16(15(19)20-2)21-14(22-23-16)10-6-5-9-13(18)11-7-3-4-8-12(11)17/h11,13-14,18H,3-10H2,1-2H3. The molecule has 2 fully saturated rings. The van der Waals surface area contributed by atoms with Crippen LogP contribution in [0.1, 0.15) is 58.3 Å². The second kappa shape index (κ2) is 8.19. The Bertz CT molecular complexity index is 425. The number of methoxy groups -OCH3 is 1. The van der Waals surface area contributed by atoms with E-state index in [0.717, 1.165) is 32.1 Å². The van der Waals surface area contributed by atoms with Crippen molar-refractivity contribution in [3.63, 3.8) is 0 Å². The molecule has 0 bridgehead atoms. The first-order valence-electron chi connectivity index (χ1n) is 8.28. The molecule has 1 aliphatic carbocycles. The smallest absolute Gasteiger partial charge is 0.369 e. The first-order chi connectivity index (χ1) is 11.0. The van der Waals surface area contributed by atoms with Crippen LogP contribution in [0.25, 0.3) is 0 Å². The number of hydrogen-bond donors (Lipinski definition) is 1. The molecule has 7 heteroatoms. The van der Waals surface area contributed by atoms with E-state index < -0.39 is 24.2 Å². The third kappa shape index (κ3) is 4.73. The zero-order valence-electron chi connectivity index (χ0n) is 13.8. The van der Waals surface area contributed by atoms with Gasteiger partial charge in [0, 0.05) is 25.7 Å². The van der Waals surface area contributed by atoms with Gasteiger partial charge in [0.25, 0.3) is 5.79 Å². The fourth-order valence-corrected chi connectivity index (χ4v) is 3.09. The number of unbranched alkanes of at least 4 members (excludes halogenated alkanes) is 1. The Hall–Kier alpha value is -1.02. The lowest BCUT2D eigenvalue weighted by molar-refractivity contribution is -0.321. The van der Waals surface area contributed by atoms with Crippen LogP contribution in [0.4, 0.5) is 0 Å². The van der Waals surface area contributed by atoms with Gasteiger partial charge >= 0.3 is 5.97 Å². The number of aliphatic hydroxyl groups is 1. The molecule has 1 N–H and O–H groups in total. The largest absolute Gasteiger partial charge is 0.465 e. The number of carbonyl (C=O) groups is 2. The van der Waals surface area contributed by atoms with Gasteiger partial charge in [-0.25, -0.2) is 9.68 Å². The molecule has 0 amide bonds. The van der Waals surface area contributed by atoms with Gasteiger partial charge in [0.15, 0.2) is 6.29 Å². The Balaban J connectivity index is 1.64. The highest BCUT2D eigenvalue weighted by Gasteiger charge is 2.47. The van der Waals surface area contributed by atoms with Crippen LogP contribution in [-0.2, 0) is 28.8 Å². The van der Waals surface area contributed by atoms with Crippen LogP contribution in [-0.4, -0.2) is 42.1 Å². The minimum absolute atomic E-state index is 0.188. The van der Waals surface area contributed by atoms with Crippen LogP contribution < -0.4 is 0 Å². The SMILES string of the molecule is COC(=O)C1(C)OOC(CCCCC(O)C2CCCCC2=O)O1. The molecule has 132 valence electrons. The molecule has 0 radical (unpaired) electrons. The Morgan fingerprint density at radius 1 is 1.43 bits per heavy atom. The third-order valence-corrected chi connectivity index (χ3v) is 4.48. The number of hydrogen-bond acceptors (Lipinski definition) is 7. The molecule has 1 saturated heterocycles. The maximum Gasteiger partial charge on any atom is 0.369 e. The van der Waals surface area contributed by atoms with Gasteiger partial charge in [0.05, 0.1) is 13.2 Å².